The van der Waals surface area contributed by atoms with E-state index in [0.717, 1.165) is 12.8 Å². The molecule has 1 aliphatic rings. The van der Waals surface area contributed by atoms with Crippen LogP contribution in [-0.4, -0.2) is 23.9 Å². The van der Waals surface area contributed by atoms with Crippen LogP contribution in [0.25, 0.3) is 0 Å². The summed E-state index contributed by atoms with van der Waals surface area (Å²) in [5.74, 6) is 0.667. The summed E-state index contributed by atoms with van der Waals surface area (Å²) in [5, 5.41) is 9.03. The molecule has 1 aromatic heterocycles. The number of carbonyl (C=O) groups is 1. The average molecular weight is 232 g/mol. The van der Waals surface area contributed by atoms with Gasteiger partial charge in [0, 0.05) is 13.1 Å². The topological polar surface area (TPSA) is 57.2 Å². The second kappa shape index (κ2) is 4.25. The summed E-state index contributed by atoms with van der Waals surface area (Å²) in [4.78, 5) is 14.0. The maximum atomic E-state index is 12.2. The van der Waals surface area contributed by atoms with Gasteiger partial charge in [0.1, 0.15) is 5.76 Å². The van der Waals surface area contributed by atoms with E-state index in [-0.39, 0.29) is 11.3 Å². The van der Waals surface area contributed by atoms with Gasteiger partial charge in [-0.2, -0.15) is 5.26 Å². The molecule has 0 aromatic carbocycles. The lowest BCUT2D eigenvalue weighted by Crippen LogP contribution is -2.41. The van der Waals surface area contributed by atoms with Crippen LogP contribution in [-0.2, 0) is 0 Å². The van der Waals surface area contributed by atoms with Gasteiger partial charge in [-0.1, -0.05) is 0 Å². The Morgan fingerprint density at radius 1 is 1.53 bits per heavy atom. The SMILES string of the molecule is Cc1occc1C(=O)N1CCC(C)(C#N)CC1. The molecule has 0 aliphatic carbocycles. The monoisotopic (exact) mass is 232 g/mol. The molecule has 4 heteroatoms. The summed E-state index contributed by atoms with van der Waals surface area (Å²) >= 11 is 0. The first-order valence-electron chi connectivity index (χ1n) is 5.80. The lowest BCUT2D eigenvalue weighted by Gasteiger charge is -2.34. The van der Waals surface area contributed by atoms with Crippen molar-refractivity contribution in [1.82, 2.24) is 4.90 Å². The Morgan fingerprint density at radius 2 is 2.18 bits per heavy atom. The Labute approximate surface area is 101 Å². The van der Waals surface area contributed by atoms with Gasteiger partial charge < -0.3 is 9.32 Å². The fourth-order valence-corrected chi connectivity index (χ4v) is 2.09. The van der Waals surface area contributed by atoms with Gasteiger partial charge in [0.2, 0.25) is 0 Å². The first kappa shape index (κ1) is 11.7. The molecular formula is C13H16N2O2. The number of furan rings is 1. The van der Waals surface area contributed by atoms with Crippen molar-refractivity contribution in [2.75, 3.05) is 13.1 Å². The van der Waals surface area contributed by atoms with E-state index in [1.165, 1.54) is 6.26 Å². The van der Waals surface area contributed by atoms with E-state index in [4.69, 9.17) is 9.68 Å². The first-order valence-corrected chi connectivity index (χ1v) is 5.80. The minimum atomic E-state index is -0.276. The average Bonchev–Trinajstić information content (AvgIpc) is 2.76. The van der Waals surface area contributed by atoms with Crippen LogP contribution < -0.4 is 0 Å². The number of hydrogen-bond acceptors (Lipinski definition) is 3. The zero-order valence-electron chi connectivity index (χ0n) is 10.2. The fraction of sp³-hybridized carbons (Fsp3) is 0.538. The number of carbonyl (C=O) groups excluding carboxylic acids is 1. The van der Waals surface area contributed by atoms with E-state index in [1.807, 2.05) is 6.92 Å². The van der Waals surface area contributed by atoms with E-state index >= 15 is 0 Å². The molecule has 2 rings (SSSR count). The predicted molar refractivity (Wildman–Crippen MR) is 62.3 cm³/mol. The van der Waals surface area contributed by atoms with Gasteiger partial charge in [-0.25, -0.2) is 0 Å². The Bertz CT molecular complexity index is 462. The van der Waals surface area contributed by atoms with Crippen LogP contribution in [0, 0.1) is 23.7 Å². The summed E-state index contributed by atoms with van der Waals surface area (Å²) < 4.78 is 5.14. The van der Waals surface area contributed by atoms with E-state index < -0.39 is 0 Å². The largest absolute Gasteiger partial charge is 0.469 e. The van der Waals surface area contributed by atoms with Crippen LogP contribution in [0.3, 0.4) is 0 Å². The molecule has 0 bridgehead atoms. The van der Waals surface area contributed by atoms with Crippen molar-refractivity contribution >= 4 is 5.91 Å². The number of hydrogen-bond donors (Lipinski definition) is 0. The molecule has 2 heterocycles. The summed E-state index contributed by atoms with van der Waals surface area (Å²) in [6.07, 6.45) is 3.02. The van der Waals surface area contributed by atoms with Crippen LogP contribution in [0.5, 0.6) is 0 Å². The molecule has 0 unspecified atom stereocenters. The first-order chi connectivity index (χ1) is 8.06. The van der Waals surface area contributed by atoms with Crippen LogP contribution in [0.2, 0.25) is 0 Å². The molecule has 1 aromatic rings. The lowest BCUT2D eigenvalue weighted by atomic mass is 9.82. The van der Waals surface area contributed by atoms with Crippen molar-refractivity contribution < 1.29 is 9.21 Å². The number of nitriles is 1. The molecule has 1 amide bonds. The van der Waals surface area contributed by atoms with Crippen molar-refractivity contribution in [3.63, 3.8) is 0 Å². The van der Waals surface area contributed by atoms with Gasteiger partial charge in [0.15, 0.2) is 0 Å². The van der Waals surface area contributed by atoms with Crippen molar-refractivity contribution in [2.45, 2.75) is 26.7 Å². The van der Waals surface area contributed by atoms with E-state index in [1.54, 1.807) is 17.9 Å². The molecule has 4 nitrogen and oxygen atoms in total. The van der Waals surface area contributed by atoms with Gasteiger partial charge in [0.25, 0.3) is 5.91 Å². The zero-order chi connectivity index (χ0) is 12.5. The van der Waals surface area contributed by atoms with E-state index in [2.05, 4.69) is 6.07 Å². The molecule has 0 N–H and O–H groups in total. The van der Waals surface area contributed by atoms with Gasteiger partial charge in [-0.15, -0.1) is 0 Å². The third-order valence-corrected chi connectivity index (χ3v) is 3.51. The van der Waals surface area contributed by atoms with Gasteiger partial charge >= 0.3 is 0 Å². The van der Waals surface area contributed by atoms with Crippen molar-refractivity contribution in [3.05, 3.63) is 23.7 Å². The molecule has 17 heavy (non-hydrogen) atoms. The highest BCUT2D eigenvalue weighted by atomic mass is 16.3. The number of aryl methyl sites for hydroxylation is 1. The summed E-state index contributed by atoms with van der Waals surface area (Å²) in [5.41, 5.74) is 0.355. The minimum Gasteiger partial charge on any atom is -0.469 e. The highest BCUT2D eigenvalue weighted by Gasteiger charge is 2.32. The van der Waals surface area contributed by atoms with Crippen LogP contribution in [0.4, 0.5) is 0 Å². The second-order valence-electron chi connectivity index (χ2n) is 4.86. The lowest BCUT2D eigenvalue weighted by molar-refractivity contribution is 0.0660. The van der Waals surface area contributed by atoms with Crippen molar-refractivity contribution in [1.29, 1.82) is 5.26 Å². The molecule has 1 aliphatic heterocycles. The summed E-state index contributed by atoms with van der Waals surface area (Å²) in [7, 11) is 0. The van der Waals surface area contributed by atoms with E-state index in [0.29, 0.717) is 24.4 Å². The van der Waals surface area contributed by atoms with Crippen molar-refractivity contribution in [3.8, 4) is 6.07 Å². The summed E-state index contributed by atoms with van der Waals surface area (Å²) in [6, 6.07) is 4.03. The summed E-state index contributed by atoms with van der Waals surface area (Å²) in [6.45, 7) is 5.04. The maximum Gasteiger partial charge on any atom is 0.257 e. The Kier molecular flexibility index (Phi) is 2.93. The number of rotatable bonds is 1. The molecule has 1 fully saturated rings. The number of nitrogens with zero attached hydrogens (tertiary/aromatic N) is 2. The van der Waals surface area contributed by atoms with Crippen LogP contribution >= 0.6 is 0 Å². The third kappa shape index (κ3) is 2.19. The van der Waals surface area contributed by atoms with Crippen molar-refractivity contribution in [2.24, 2.45) is 5.41 Å². The number of likely N-dealkylation sites (tertiary alicyclic amines) is 1. The smallest absolute Gasteiger partial charge is 0.257 e. The Morgan fingerprint density at radius 3 is 2.65 bits per heavy atom. The standard InChI is InChI=1S/C13H16N2O2/c1-10-11(3-8-17-10)12(16)15-6-4-13(2,9-14)5-7-15/h3,8H,4-7H2,1-2H3. The Hall–Kier alpha value is -1.76. The van der Waals surface area contributed by atoms with Gasteiger partial charge in [0.05, 0.1) is 23.3 Å². The van der Waals surface area contributed by atoms with Crippen LogP contribution in [0.15, 0.2) is 16.7 Å². The molecule has 0 atom stereocenters. The maximum absolute atomic E-state index is 12.2. The molecule has 1 saturated heterocycles. The normalized spacial score (nSPS) is 18.8. The highest BCUT2D eigenvalue weighted by molar-refractivity contribution is 5.95. The molecule has 0 radical (unpaired) electrons. The second-order valence-corrected chi connectivity index (χ2v) is 4.86. The molecule has 90 valence electrons. The van der Waals surface area contributed by atoms with Gasteiger partial charge in [-0.3, -0.25) is 4.79 Å². The molecule has 0 saturated carbocycles. The van der Waals surface area contributed by atoms with E-state index in [9.17, 15) is 4.79 Å². The molecular weight excluding hydrogens is 216 g/mol. The zero-order valence-corrected chi connectivity index (χ0v) is 10.2. The number of piperidine rings is 1. The molecule has 0 spiro atoms. The highest BCUT2D eigenvalue weighted by Crippen LogP contribution is 2.30. The Balaban J connectivity index is 2.06. The third-order valence-electron chi connectivity index (χ3n) is 3.51. The van der Waals surface area contributed by atoms with Gasteiger partial charge in [-0.05, 0) is 32.8 Å². The predicted octanol–water partition coefficient (Wildman–Crippen LogP) is 2.35. The number of amides is 1. The fourth-order valence-electron chi connectivity index (χ4n) is 2.09. The minimum absolute atomic E-state index is 0.0104. The quantitative estimate of drug-likeness (QED) is 0.746. The van der Waals surface area contributed by atoms with Crippen LogP contribution in [0.1, 0.15) is 35.9 Å².